The molecule has 0 bridgehead atoms. The molecule has 2 rings (SSSR count). The molecule has 136 valence electrons. The van der Waals surface area contributed by atoms with Crippen molar-refractivity contribution in [3.8, 4) is 5.75 Å². The second-order valence-electron chi connectivity index (χ2n) is 5.10. The standard InChI is InChI=1S/C17H16N2O6S/c1-11(25-16(20)6-3-12-7-8-26-10-12)17(21)18-14-5-4-13(24-2)9-15(14)19(22)23/h3-11H,1-2H3,(H,18,21)/b6-3+/t11-/m1/s1. The van der Waals surface area contributed by atoms with Crippen molar-refractivity contribution in [3.63, 3.8) is 0 Å². The highest BCUT2D eigenvalue weighted by Crippen LogP contribution is 2.29. The molecule has 1 aromatic carbocycles. The monoisotopic (exact) mass is 376 g/mol. The topological polar surface area (TPSA) is 108 Å². The molecule has 0 unspecified atom stereocenters. The van der Waals surface area contributed by atoms with Gasteiger partial charge in [0, 0.05) is 6.08 Å². The lowest BCUT2D eigenvalue weighted by molar-refractivity contribution is -0.384. The van der Waals surface area contributed by atoms with Crippen LogP contribution in [0.1, 0.15) is 12.5 Å². The summed E-state index contributed by atoms with van der Waals surface area (Å²) >= 11 is 1.49. The molecule has 1 atom stereocenters. The van der Waals surface area contributed by atoms with Crippen LogP contribution in [0.5, 0.6) is 5.75 Å². The van der Waals surface area contributed by atoms with E-state index in [4.69, 9.17) is 9.47 Å². The van der Waals surface area contributed by atoms with E-state index >= 15 is 0 Å². The van der Waals surface area contributed by atoms with Crippen molar-refractivity contribution in [1.82, 2.24) is 0 Å². The quantitative estimate of drug-likeness (QED) is 0.344. The summed E-state index contributed by atoms with van der Waals surface area (Å²) in [5.74, 6) is -1.09. The molecule has 1 heterocycles. The van der Waals surface area contributed by atoms with Gasteiger partial charge in [-0.3, -0.25) is 14.9 Å². The minimum Gasteiger partial charge on any atom is -0.496 e. The molecule has 8 nitrogen and oxygen atoms in total. The molecule has 0 saturated carbocycles. The number of benzene rings is 1. The van der Waals surface area contributed by atoms with E-state index in [1.165, 1.54) is 49.6 Å². The Bertz CT molecular complexity index is 832. The van der Waals surface area contributed by atoms with Crippen molar-refractivity contribution >= 4 is 40.7 Å². The molecule has 0 spiro atoms. The number of ether oxygens (including phenoxy) is 2. The van der Waals surface area contributed by atoms with E-state index in [0.717, 1.165) is 5.56 Å². The fourth-order valence-corrected chi connectivity index (χ4v) is 2.56. The summed E-state index contributed by atoms with van der Waals surface area (Å²) in [6.45, 7) is 1.38. The van der Waals surface area contributed by atoms with E-state index in [1.54, 1.807) is 6.08 Å². The molecule has 1 aromatic heterocycles. The summed E-state index contributed by atoms with van der Waals surface area (Å²) in [4.78, 5) is 34.4. The average Bonchev–Trinajstić information content (AvgIpc) is 3.13. The van der Waals surface area contributed by atoms with Gasteiger partial charge in [0.15, 0.2) is 6.10 Å². The summed E-state index contributed by atoms with van der Waals surface area (Å²) in [5, 5.41) is 17.2. The van der Waals surface area contributed by atoms with Crippen LogP contribution in [0, 0.1) is 10.1 Å². The summed E-state index contributed by atoms with van der Waals surface area (Å²) < 4.78 is 9.93. The van der Waals surface area contributed by atoms with Crippen molar-refractivity contribution in [2.24, 2.45) is 0 Å². The van der Waals surface area contributed by atoms with Gasteiger partial charge >= 0.3 is 5.97 Å². The summed E-state index contributed by atoms with van der Waals surface area (Å²) in [6.07, 6.45) is 1.65. The third-order valence-electron chi connectivity index (χ3n) is 3.28. The molecule has 0 fully saturated rings. The number of nitro benzene ring substituents is 1. The molecule has 1 N–H and O–H groups in total. The predicted octanol–water partition coefficient (Wildman–Crippen LogP) is 3.25. The maximum absolute atomic E-state index is 12.1. The molecule has 1 amide bonds. The van der Waals surface area contributed by atoms with Crippen LogP contribution in [0.15, 0.2) is 41.1 Å². The predicted molar refractivity (Wildman–Crippen MR) is 97.2 cm³/mol. The van der Waals surface area contributed by atoms with E-state index in [-0.39, 0.29) is 17.1 Å². The number of anilines is 1. The number of hydrogen-bond acceptors (Lipinski definition) is 7. The molecular weight excluding hydrogens is 360 g/mol. The maximum atomic E-state index is 12.1. The molecule has 0 aliphatic rings. The Kier molecular flexibility index (Phi) is 6.45. The first-order valence-electron chi connectivity index (χ1n) is 7.45. The van der Waals surface area contributed by atoms with Crippen LogP contribution in [-0.4, -0.2) is 30.0 Å². The van der Waals surface area contributed by atoms with Gasteiger partial charge in [0.2, 0.25) is 0 Å². The molecule has 0 saturated heterocycles. The van der Waals surface area contributed by atoms with Crippen LogP contribution in [0.4, 0.5) is 11.4 Å². The van der Waals surface area contributed by atoms with E-state index in [1.807, 2.05) is 16.8 Å². The van der Waals surface area contributed by atoms with Gasteiger partial charge < -0.3 is 14.8 Å². The normalized spacial score (nSPS) is 11.8. The zero-order valence-corrected chi connectivity index (χ0v) is 14.8. The van der Waals surface area contributed by atoms with Gasteiger partial charge in [-0.15, -0.1) is 0 Å². The highest BCUT2D eigenvalue weighted by atomic mass is 32.1. The first kappa shape index (κ1) is 19.1. The van der Waals surface area contributed by atoms with Gasteiger partial charge in [0.25, 0.3) is 11.6 Å². The molecular formula is C17H16N2O6S. The number of methoxy groups -OCH3 is 1. The van der Waals surface area contributed by atoms with Gasteiger partial charge in [-0.25, -0.2) is 4.79 Å². The Morgan fingerprint density at radius 2 is 2.12 bits per heavy atom. The van der Waals surface area contributed by atoms with E-state index in [2.05, 4.69) is 5.32 Å². The van der Waals surface area contributed by atoms with Gasteiger partial charge in [-0.2, -0.15) is 11.3 Å². The number of nitrogens with one attached hydrogen (secondary N) is 1. The first-order chi connectivity index (χ1) is 12.4. The van der Waals surface area contributed by atoms with E-state index in [0.29, 0.717) is 0 Å². The zero-order valence-electron chi connectivity index (χ0n) is 14.0. The van der Waals surface area contributed by atoms with Crippen molar-refractivity contribution < 1.29 is 24.0 Å². The second kappa shape index (κ2) is 8.77. The average molecular weight is 376 g/mol. The summed E-state index contributed by atoms with van der Waals surface area (Å²) in [7, 11) is 1.38. The number of hydrogen-bond donors (Lipinski definition) is 1. The van der Waals surface area contributed by atoms with Crippen molar-refractivity contribution in [2.45, 2.75) is 13.0 Å². The highest BCUT2D eigenvalue weighted by molar-refractivity contribution is 7.08. The third kappa shape index (κ3) is 5.15. The molecule has 9 heteroatoms. The zero-order chi connectivity index (χ0) is 19.1. The SMILES string of the molecule is COc1ccc(NC(=O)[C@@H](C)OC(=O)/C=C/c2ccsc2)c([N+](=O)[O-])c1. The fourth-order valence-electron chi connectivity index (χ4n) is 1.93. The number of carbonyl (C=O) groups is 2. The Morgan fingerprint density at radius 3 is 2.73 bits per heavy atom. The minimum absolute atomic E-state index is 0.0162. The molecule has 2 aromatic rings. The molecule has 0 radical (unpaired) electrons. The number of nitro groups is 1. The summed E-state index contributed by atoms with van der Waals surface area (Å²) in [5.41, 5.74) is 0.504. The largest absolute Gasteiger partial charge is 0.496 e. The van der Waals surface area contributed by atoms with E-state index in [9.17, 15) is 19.7 Å². The van der Waals surface area contributed by atoms with Crippen molar-refractivity contribution in [3.05, 3.63) is 56.8 Å². The molecule has 0 aliphatic heterocycles. The third-order valence-corrected chi connectivity index (χ3v) is 3.98. The van der Waals surface area contributed by atoms with Crippen LogP contribution in [-0.2, 0) is 14.3 Å². The van der Waals surface area contributed by atoms with Crippen molar-refractivity contribution in [1.29, 1.82) is 0 Å². The Morgan fingerprint density at radius 1 is 1.35 bits per heavy atom. The van der Waals surface area contributed by atoms with Crippen LogP contribution in [0.25, 0.3) is 6.08 Å². The van der Waals surface area contributed by atoms with Crippen LogP contribution >= 0.6 is 11.3 Å². The van der Waals surface area contributed by atoms with Gasteiger partial charge in [0.05, 0.1) is 18.1 Å². The Balaban J connectivity index is 2.00. The molecule has 0 aliphatic carbocycles. The minimum atomic E-state index is -1.13. The van der Waals surface area contributed by atoms with Gasteiger partial charge in [0.1, 0.15) is 11.4 Å². The van der Waals surface area contributed by atoms with Gasteiger partial charge in [-0.05, 0) is 47.5 Å². The van der Waals surface area contributed by atoms with Crippen LogP contribution in [0.2, 0.25) is 0 Å². The first-order valence-corrected chi connectivity index (χ1v) is 8.39. The number of rotatable bonds is 7. The lowest BCUT2D eigenvalue weighted by atomic mass is 10.2. The number of amides is 1. The van der Waals surface area contributed by atoms with E-state index < -0.39 is 22.9 Å². The van der Waals surface area contributed by atoms with Crippen LogP contribution < -0.4 is 10.1 Å². The Labute approximate surface area is 153 Å². The fraction of sp³-hybridized carbons (Fsp3) is 0.176. The maximum Gasteiger partial charge on any atom is 0.331 e. The Hall–Kier alpha value is -3.20. The lowest BCUT2D eigenvalue weighted by Gasteiger charge is -2.13. The van der Waals surface area contributed by atoms with Gasteiger partial charge in [-0.1, -0.05) is 0 Å². The number of carbonyl (C=O) groups excluding carboxylic acids is 2. The second-order valence-corrected chi connectivity index (χ2v) is 5.88. The lowest BCUT2D eigenvalue weighted by Crippen LogP contribution is -2.29. The number of esters is 1. The van der Waals surface area contributed by atoms with Crippen molar-refractivity contribution in [2.75, 3.05) is 12.4 Å². The highest BCUT2D eigenvalue weighted by Gasteiger charge is 2.22. The van der Waals surface area contributed by atoms with Crippen LogP contribution in [0.3, 0.4) is 0 Å². The smallest absolute Gasteiger partial charge is 0.331 e. The molecule has 26 heavy (non-hydrogen) atoms. The number of thiophene rings is 1. The number of nitrogens with zero attached hydrogens (tertiary/aromatic N) is 1. The summed E-state index contributed by atoms with van der Waals surface area (Å²) in [6, 6.07) is 5.84.